The van der Waals surface area contributed by atoms with Crippen LogP contribution < -0.4 is 0 Å². The average Bonchev–Trinajstić information content (AvgIpc) is 2.83. The molecule has 2 aromatic rings. The third kappa shape index (κ3) is 2.90. The Balaban J connectivity index is 2.00. The number of esters is 1. The smallest absolute Gasteiger partial charge is 0.363 e. The number of benzene rings is 2. The van der Waals surface area contributed by atoms with Crippen LogP contribution >= 0.6 is 22.6 Å². The Labute approximate surface area is 136 Å². The van der Waals surface area contributed by atoms with E-state index in [4.69, 9.17) is 4.74 Å². The highest BCUT2D eigenvalue weighted by Crippen LogP contribution is 2.22. The number of aliphatic imine (C=N–C) groups is 1. The van der Waals surface area contributed by atoms with E-state index in [1.54, 1.807) is 6.08 Å². The van der Waals surface area contributed by atoms with Crippen LogP contribution in [-0.2, 0) is 9.53 Å². The first-order valence-electron chi connectivity index (χ1n) is 6.48. The fourth-order valence-corrected chi connectivity index (χ4v) is 2.62. The van der Waals surface area contributed by atoms with Crippen molar-refractivity contribution >= 4 is 40.5 Å². The van der Waals surface area contributed by atoms with Crippen LogP contribution in [0.4, 0.5) is 0 Å². The zero-order chi connectivity index (χ0) is 14.8. The van der Waals surface area contributed by atoms with E-state index in [-0.39, 0.29) is 0 Å². The number of hydrogen-bond donors (Lipinski definition) is 0. The molecule has 2 aromatic carbocycles. The summed E-state index contributed by atoms with van der Waals surface area (Å²) in [7, 11) is 0. The maximum atomic E-state index is 12.0. The first-order chi connectivity index (χ1) is 10.1. The van der Waals surface area contributed by atoms with Gasteiger partial charge in [-0.25, -0.2) is 9.79 Å². The number of nitrogens with zero attached hydrogens (tertiary/aromatic N) is 1. The molecule has 0 radical (unpaired) electrons. The topological polar surface area (TPSA) is 38.7 Å². The molecule has 1 heterocycles. The van der Waals surface area contributed by atoms with E-state index in [1.807, 2.05) is 55.5 Å². The van der Waals surface area contributed by atoms with E-state index < -0.39 is 5.97 Å². The van der Waals surface area contributed by atoms with Crippen molar-refractivity contribution in [2.75, 3.05) is 0 Å². The number of aryl methyl sites for hydroxylation is 1. The predicted molar refractivity (Wildman–Crippen MR) is 90.9 cm³/mol. The van der Waals surface area contributed by atoms with Gasteiger partial charge in [-0.2, -0.15) is 0 Å². The van der Waals surface area contributed by atoms with Gasteiger partial charge < -0.3 is 4.74 Å². The number of cyclic esters (lactones) is 1. The Kier molecular flexibility index (Phi) is 3.88. The molecule has 104 valence electrons. The van der Waals surface area contributed by atoms with Crippen LogP contribution in [0.1, 0.15) is 16.7 Å². The monoisotopic (exact) mass is 389 g/mol. The third-order valence-electron chi connectivity index (χ3n) is 3.19. The maximum absolute atomic E-state index is 12.0. The highest BCUT2D eigenvalue weighted by Gasteiger charge is 2.25. The van der Waals surface area contributed by atoms with Crippen molar-refractivity contribution in [1.82, 2.24) is 0 Å². The molecule has 0 aromatic heterocycles. The number of rotatable bonds is 2. The molecule has 1 aliphatic rings. The molecule has 1 aliphatic heterocycles. The van der Waals surface area contributed by atoms with Crippen molar-refractivity contribution in [1.29, 1.82) is 0 Å². The second kappa shape index (κ2) is 5.81. The van der Waals surface area contributed by atoms with E-state index in [0.29, 0.717) is 11.6 Å². The zero-order valence-electron chi connectivity index (χ0n) is 11.3. The molecule has 0 spiro atoms. The molecule has 21 heavy (non-hydrogen) atoms. The van der Waals surface area contributed by atoms with Gasteiger partial charge in [0.25, 0.3) is 0 Å². The number of ether oxygens (including phenoxy) is 1. The van der Waals surface area contributed by atoms with Crippen LogP contribution in [0, 0.1) is 10.5 Å². The summed E-state index contributed by atoms with van der Waals surface area (Å²) in [5.41, 5.74) is 3.16. The minimum Gasteiger partial charge on any atom is -0.402 e. The van der Waals surface area contributed by atoms with Crippen LogP contribution in [-0.4, -0.2) is 11.9 Å². The normalized spacial score (nSPS) is 16.0. The summed E-state index contributed by atoms with van der Waals surface area (Å²) >= 11 is 2.23. The molecular formula is C17H12INO2. The fourth-order valence-electron chi connectivity index (χ4n) is 2.08. The van der Waals surface area contributed by atoms with Gasteiger partial charge in [0.1, 0.15) is 0 Å². The standard InChI is InChI=1S/C17H12INO2/c1-11-6-2-4-8-13(11)16-19-15(17(20)21-16)10-12-7-3-5-9-14(12)18/h2-10H,1H3/b15-10+. The summed E-state index contributed by atoms with van der Waals surface area (Å²) in [6.07, 6.45) is 1.76. The highest BCUT2D eigenvalue weighted by atomic mass is 127. The van der Waals surface area contributed by atoms with Crippen molar-refractivity contribution in [3.05, 3.63) is 74.5 Å². The summed E-state index contributed by atoms with van der Waals surface area (Å²) in [5, 5.41) is 0. The Morgan fingerprint density at radius 2 is 1.81 bits per heavy atom. The summed E-state index contributed by atoms with van der Waals surface area (Å²) in [6.45, 7) is 1.97. The molecular weight excluding hydrogens is 377 g/mol. The lowest BCUT2D eigenvalue weighted by molar-refractivity contribution is -0.129. The van der Waals surface area contributed by atoms with Crippen LogP contribution in [0.3, 0.4) is 0 Å². The van der Waals surface area contributed by atoms with Crippen molar-refractivity contribution in [3.8, 4) is 0 Å². The lowest BCUT2D eigenvalue weighted by atomic mass is 10.1. The second-order valence-corrected chi connectivity index (χ2v) is 5.83. The zero-order valence-corrected chi connectivity index (χ0v) is 13.5. The molecule has 0 N–H and O–H groups in total. The number of carbonyl (C=O) groups is 1. The summed E-state index contributed by atoms with van der Waals surface area (Å²) in [4.78, 5) is 16.3. The first kappa shape index (κ1) is 14.0. The fraction of sp³-hybridized carbons (Fsp3) is 0.0588. The van der Waals surface area contributed by atoms with Crippen molar-refractivity contribution < 1.29 is 9.53 Å². The van der Waals surface area contributed by atoms with Gasteiger partial charge in [0.15, 0.2) is 5.70 Å². The van der Waals surface area contributed by atoms with Gasteiger partial charge in [-0.1, -0.05) is 36.4 Å². The van der Waals surface area contributed by atoms with Gasteiger partial charge in [0.05, 0.1) is 0 Å². The number of hydrogen-bond acceptors (Lipinski definition) is 3. The number of carbonyl (C=O) groups excluding carboxylic acids is 1. The molecule has 0 fully saturated rings. The molecule has 3 nitrogen and oxygen atoms in total. The summed E-state index contributed by atoms with van der Waals surface area (Å²) < 4.78 is 6.36. The SMILES string of the molecule is Cc1ccccc1C1=N/C(=C/c2ccccc2I)C(=O)O1. The van der Waals surface area contributed by atoms with Crippen LogP contribution in [0.5, 0.6) is 0 Å². The molecule has 0 atom stereocenters. The Bertz CT molecular complexity index is 778. The minimum absolute atomic E-state index is 0.331. The first-order valence-corrected chi connectivity index (χ1v) is 7.56. The third-order valence-corrected chi connectivity index (χ3v) is 4.18. The van der Waals surface area contributed by atoms with Gasteiger partial charge in [0, 0.05) is 9.13 Å². The van der Waals surface area contributed by atoms with Crippen molar-refractivity contribution in [3.63, 3.8) is 0 Å². The maximum Gasteiger partial charge on any atom is 0.363 e. The molecule has 0 saturated carbocycles. The molecule has 0 aliphatic carbocycles. The molecule has 0 bridgehead atoms. The van der Waals surface area contributed by atoms with Crippen LogP contribution in [0.2, 0.25) is 0 Å². The van der Waals surface area contributed by atoms with Gasteiger partial charge in [-0.3, -0.25) is 0 Å². The molecule has 4 heteroatoms. The van der Waals surface area contributed by atoms with E-state index in [9.17, 15) is 4.79 Å². The van der Waals surface area contributed by atoms with Gasteiger partial charge >= 0.3 is 5.97 Å². The van der Waals surface area contributed by atoms with Crippen LogP contribution in [0.25, 0.3) is 6.08 Å². The molecule has 3 rings (SSSR count). The van der Waals surface area contributed by atoms with E-state index in [2.05, 4.69) is 27.6 Å². The Morgan fingerprint density at radius 1 is 1.10 bits per heavy atom. The number of halogens is 1. The molecule has 0 unspecified atom stereocenters. The average molecular weight is 389 g/mol. The lowest BCUT2D eigenvalue weighted by Crippen LogP contribution is -2.06. The summed E-state index contributed by atoms with van der Waals surface area (Å²) in [5.74, 6) is -0.0387. The highest BCUT2D eigenvalue weighted by molar-refractivity contribution is 14.1. The quantitative estimate of drug-likeness (QED) is 0.443. The lowest BCUT2D eigenvalue weighted by Gasteiger charge is -2.02. The van der Waals surface area contributed by atoms with Crippen molar-refractivity contribution in [2.45, 2.75) is 6.92 Å². The molecule has 0 saturated heterocycles. The Morgan fingerprint density at radius 3 is 2.57 bits per heavy atom. The van der Waals surface area contributed by atoms with E-state index in [0.717, 1.165) is 20.3 Å². The predicted octanol–water partition coefficient (Wildman–Crippen LogP) is 3.94. The Hall–Kier alpha value is -1.95. The van der Waals surface area contributed by atoms with Gasteiger partial charge in [-0.15, -0.1) is 0 Å². The van der Waals surface area contributed by atoms with E-state index >= 15 is 0 Å². The second-order valence-electron chi connectivity index (χ2n) is 4.67. The minimum atomic E-state index is -0.409. The van der Waals surface area contributed by atoms with Crippen molar-refractivity contribution in [2.24, 2.45) is 4.99 Å². The summed E-state index contributed by atoms with van der Waals surface area (Å²) in [6, 6.07) is 15.5. The van der Waals surface area contributed by atoms with E-state index in [1.165, 1.54) is 0 Å². The van der Waals surface area contributed by atoms with Gasteiger partial charge in [-0.05, 0) is 58.9 Å². The van der Waals surface area contributed by atoms with Gasteiger partial charge in [0.2, 0.25) is 5.90 Å². The molecule has 0 amide bonds. The van der Waals surface area contributed by atoms with Crippen LogP contribution in [0.15, 0.2) is 59.2 Å². The largest absolute Gasteiger partial charge is 0.402 e.